The van der Waals surface area contributed by atoms with Crippen LogP contribution in [0, 0.1) is 0 Å². The van der Waals surface area contributed by atoms with Crippen LogP contribution in [0.5, 0.6) is 5.75 Å². The van der Waals surface area contributed by atoms with Crippen molar-refractivity contribution in [3.63, 3.8) is 0 Å². The molecule has 1 atom stereocenters. The van der Waals surface area contributed by atoms with E-state index in [1.807, 2.05) is 45.0 Å². The van der Waals surface area contributed by atoms with Crippen LogP contribution in [-0.4, -0.2) is 18.6 Å². The Morgan fingerprint density at radius 1 is 1.33 bits per heavy atom. The SMILES string of the molecule is CC(C)NC(=O)CCOc1ccccc1[C@H](C)N. The maximum Gasteiger partial charge on any atom is 0.223 e. The molecule has 0 heterocycles. The van der Waals surface area contributed by atoms with E-state index in [0.29, 0.717) is 13.0 Å². The van der Waals surface area contributed by atoms with Gasteiger partial charge in [0.15, 0.2) is 0 Å². The molecule has 0 aliphatic rings. The number of carbonyl (C=O) groups is 1. The van der Waals surface area contributed by atoms with Crippen LogP contribution in [0.25, 0.3) is 0 Å². The van der Waals surface area contributed by atoms with Gasteiger partial charge in [-0.05, 0) is 26.8 Å². The number of nitrogens with one attached hydrogen (secondary N) is 1. The van der Waals surface area contributed by atoms with E-state index in [0.717, 1.165) is 11.3 Å². The number of hydrogen-bond donors (Lipinski definition) is 2. The van der Waals surface area contributed by atoms with E-state index in [4.69, 9.17) is 10.5 Å². The van der Waals surface area contributed by atoms with Crippen molar-refractivity contribution in [1.82, 2.24) is 5.32 Å². The highest BCUT2D eigenvalue weighted by Crippen LogP contribution is 2.23. The zero-order valence-electron chi connectivity index (χ0n) is 11.3. The lowest BCUT2D eigenvalue weighted by Crippen LogP contribution is -2.31. The van der Waals surface area contributed by atoms with E-state index in [9.17, 15) is 4.79 Å². The summed E-state index contributed by atoms with van der Waals surface area (Å²) in [6.07, 6.45) is 0.353. The second-order valence-electron chi connectivity index (χ2n) is 4.65. The monoisotopic (exact) mass is 250 g/mol. The summed E-state index contributed by atoms with van der Waals surface area (Å²) in [7, 11) is 0. The molecule has 0 aliphatic carbocycles. The average molecular weight is 250 g/mol. The molecule has 1 aromatic carbocycles. The van der Waals surface area contributed by atoms with Gasteiger partial charge >= 0.3 is 0 Å². The van der Waals surface area contributed by atoms with Crippen LogP contribution in [0.4, 0.5) is 0 Å². The highest BCUT2D eigenvalue weighted by molar-refractivity contribution is 5.76. The van der Waals surface area contributed by atoms with E-state index in [-0.39, 0.29) is 18.0 Å². The molecule has 0 fully saturated rings. The van der Waals surface area contributed by atoms with Gasteiger partial charge in [0.1, 0.15) is 5.75 Å². The molecule has 0 saturated carbocycles. The second kappa shape index (κ2) is 7.01. The molecule has 0 unspecified atom stereocenters. The minimum Gasteiger partial charge on any atom is -0.493 e. The van der Waals surface area contributed by atoms with E-state index >= 15 is 0 Å². The van der Waals surface area contributed by atoms with Crippen LogP contribution in [0.1, 0.15) is 38.8 Å². The highest BCUT2D eigenvalue weighted by Gasteiger charge is 2.08. The third-order valence-electron chi connectivity index (χ3n) is 2.45. The third-order valence-corrected chi connectivity index (χ3v) is 2.45. The van der Waals surface area contributed by atoms with Crippen molar-refractivity contribution in [3.05, 3.63) is 29.8 Å². The summed E-state index contributed by atoms with van der Waals surface area (Å²) in [5, 5.41) is 2.82. The van der Waals surface area contributed by atoms with Crippen LogP contribution in [0.2, 0.25) is 0 Å². The minimum atomic E-state index is -0.0781. The summed E-state index contributed by atoms with van der Waals surface area (Å²) < 4.78 is 5.61. The highest BCUT2D eigenvalue weighted by atomic mass is 16.5. The molecule has 0 radical (unpaired) electrons. The number of para-hydroxylation sites is 1. The molecule has 0 aliphatic heterocycles. The van der Waals surface area contributed by atoms with Crippen LogP contribution in [0.3, 0.4) is 0 Å². The van der Waals surface area contributed by atoms with Gasteiger partial charge in [-0.1, -0.05) is 18.2 Å². The molecule has 1 aromatic rings. The van der Waals surface area contributed by atoms with Crippen LogP contribution in [0.15, 0.2) is 24.3 Å². The first-order valence-corrected chi connectivity index (χ1v) is 6.27. The Balaban J connectivity index is 2.46. The second-order valence-corrected chi connectivity index (χ2v) is 4.65. The summed E-state index contributed by atoms with van der Waals surface area (Å²) in [4.78, 5) is 11.4. The Kier molecular flexibility index (Phi) is 5.65. The molecule has 0 saturated heterocycles. The smallest absolute Gasteiger partial charge is 0.223 e. The molecule has 4 nitrogen and oxygen atoms in total. The largest absolute Gasteiger partial charge is 0.493 e. The maximum absolute atomic E-state index is 11.4. The maximum atomic E-state index is 11.4. The summed E-state index contributed by atoms with van der Waals surface area (Å²) in [5.74, 6) is 0.758. The number of ether oxygens (including phenoxy) is 1. The van der Waals surface area contributed by atoms with Gasteiger partial charge in [-0.15, -0.1) is 0 Å². The molecule has 18 heavy (non-hydrogen) atoms. The summed E-state index contributed by atoms with van der Waals surface area (Å²) in [6, 6.07) is 7.72. The fourth-order valence-corrected chi connectivity index (χ4v) is 1.64. The topological polar surface area (TPSA) is 64.3 Å². The summed E-state index contributed by atoms with van der Waals surface area (Å²) in [6.45, 7) is 6.14. The molecule has 100 valence electrons. The normalized spacial score (nSPS) is 12.3. The number of benzene rings is 1. The van der Waals surface area contributed by atoms with Crippen molar-refractivity contribution in [2.45, 2.75) is 39.3 Å². The van der Waals surface area contributed by atoms with Gasteiger partial charge in [0.2, 0.25) is 5.91 Å². The first-order chi connectivity index (χ1) is 8.50. The van der Waals surface area contributed by atoms with E-state index < -0.39 is 0 Å². The molecule has 0 bridgehead atoms. The van der Waals surface area contributed by atoms with Crippen molar-refractivity contribution in [3.8, 4) is 5.75 Å². The molecule has 0 aromatic heterocycles. The van der Waals surface area contributed by atoms with Gasteiger partial charge in [-0.3, -0.25) is 4.79 Å². The predicted octanol–water partition coefficient (Wildman–Crippen LogP) is 2.00. The van der Waals surface area contributed by atoms with Crippen LogP contribution in [-0.2, 0) is 4.79 Å². The van der Waals surface area contributed by atoms with Gasteiger partial charge < -0.3 is 15.8 Å². The van der Waals surface area contributed by atoms with Gasteiger partial charge in [-0.2, -0.15) is 0 Å². The van der Waals surface area contributed by atoms with Crippen molar-refractivity contribution in [2.75, 3.05) is 6.61 Å². The Hall–Kier alpha value is -1.55. The zero-order chi connectivity index (χ0) is 13.5. The third kappa shape index (κ3) is 4.75. The number of rotatable bonds is 6. The van der Waals surface area contributed by atoms with Crippen molar-refractivity contribution >= 4 is 5.91 Å². The molecular formula is C14H22N2O2. The Morgan fingerprint density at radius 2 is 2.00 bits per heavy atom. The van der Waals surface area contributed by atoms with Crippen LogP contribution < -0.4 is 15.8 Å². The Labute approximate surface area is 109 Å². The lowest BCUT2D eigenvalue weighted by Gasteiger charge is -2.14. The first-order valence-electron chi connectivity index (χ1n) is 6.27. The van der Waals surface area contributed by atoms with Gasteiger partial charge in [0, 0.05) is 17.6 Å². The molecular weight excluding hydrogens is 228 g/mol. The van der Waals surface area contributed by atoms with E-state index in [1.165, 1.54) is 0 Å². The van der Waals surface area contributed by atoms with Crippen LogP contribution >= 0.6 is 0 Å². The van der Waals surface area contributed by atoms with Gasteiger partial charge in [0.25, 0.3) is 0 Å². The number of carbonyl (C=O) groups excluding carboxylic acids is 1. The fourth-order valence-electron chi connectivity index (χ4n) is 1.64. The number of hydrogen-bond acceptors (Lipinski definition) is 3. The first kappa shape index (κ1) is 14.5. The number of amides is 1. The molecule has 4 heteroatoms. The molecule has 0 spiro atoms. The van der Waals surface area contributed by atoms with Gasteiger partial charge in [0.05, 0.1) is 13.0 Å². The predicted molar refractivity (Wildman–Crippen MR) is 72.4 cm³/mol. The summed E-state index contributed by atoms with van der Waals surface area (Å²) in [5.41, 5.74) is 6.81. The minimum absolute atomic E-state index is 0.00304. The van der Waals surface area contributed by atoms with Gasteiger partial charge in [-0.25, -0.2) is 0 Å². The average Bonchev–Trinajstić information content (AvgIpc) is 2.28. The lowest BCUT2D eigenvalue weighted by molar-refractivity contribution is -0.122. The Bertz CT molecular complexity index is 389. The molecule has 1 rings (SSSR count). The fraction of sp³-hybridized carbons (Fsp3) is 0.500. The number of nitrogens with two attached hydrogens (primary N) is 1. The lowest BCUT2D eigenvalue weighted by atomic mass is 10.1. The zero-order valence-corrected chi connectivity index (χ0v) is 11.3. The standard InChI is InChI=1S/C14H22N2O2/c1-10(2)16-14(17)8-9-18-13-7-5-4-6-12(13)11(3)15/h4-7,10-11H,8-9,15H2,1-3H3,(H,16,17)/t11-/m0/s1. The molecule has 1 amide bonds. The van der Waals surface area contributed by atoms with E-state index in [1.54, 1.807) is 0 Å². The summed E-state index contributed by atoms with van der Waals surface area (Å²) >= 11 is 0. The van der Waals surface area contributed by atoms with Crippen molar-refractivity contribution < 1.29 is 9.53 Å². The van der Waals surface area contributed by atoms with Crippen molar-refractivity contribution in [2.24, 2.45) is 5.73 Å². The van der Waals surface area contributed by atoms with Crippen molar-refractivity contribution in [1.29, 1.82) is 0 Å². The van der Waals surface area contributed by atoms with E-state index in [2.05, 4.69) is 5.32 Å². The molecule has 3 N–H and O–H groups in total. The Morgan fingerprint density at radius 3 is 2.61 bits per heavy atom. The quantitative estimate of drug-likeness (QED) is 0.811.